The van der Waals surface area contributed by atoms with Gasteiger partial charge in [0.25, 0.3) is 5.91 Å². The first-order chi connectivity index (χ1) is 11.6. The lowest BCUT2D eigenvalue weighted by Gasteiger charge is -2.19. The van der Waals surface area contributed by atoms with Crippen molar-refractivity contribution in [2.24, 2.45) is 0 Å². The number of halogens is 2. The molecule has 0 aliphatic rings. The number of aliphatic hydroxyl groups excluding tert-OH is 1. The van der Waals surface area contributed by atoms with E-state index in [1.165, 1.54) is 24.3 Å². The van der Waals surface area contributed by atoms with Gasteiger partial charge in [-0.3, -0.25) is 4.79 Å². The van der Waals surface area contributed by atoms with Gasteiger partial charge in [0.2, 0.25) is 0 Å². The Morgan fingerprint density at radius 2 is 1.88 bits per heavy atom. The largest absolute Gasteiger partial charge is 0.435 e. The summed E-state index contributed by atoms with van der Waals surface area (Å²) in [5.41, 5.74) is 1.15. The Bertz CT molecular complexity index is 650. The Morgan fingerprint density at radius 1 is 1.12 bits per heavy atom. The van der Waals surface area contributed by atoms with Crippen molar-refractivity contribution in [3.05, 3.63) is 65.7 Å². The molecule has 2 N–H and O–H groups in total. The number of nitrogens with one attached hydrogen (secondary N) is 1. The van der Waals surface area contributed by atoms with Crippen LogP contribution in [0.25, 0.3) is 0 Å². The van der Waals surface area contributed by atoms with Crippen LogP contribution < -0.4 is 10.1 Å². The minimum atomic E-state index is -2.94. The van der Waals surface area contributed by atoms with Crippen molar-refractivity contribution in [3.8, 4) is 5.75 Å². The molecule has 24 heavy (non-hydrogen) atoms. The van der Waals surface area contributed by atoms with Gasteiger partial charge in [0, 0.05) is 12.2 Å². The molecule has 0 bridgehead atoms. The van der Waals surface area contributed by atoms with Crippen LogP contribution in [0.3, 0.4) is 0 Å². The fourth-order valence-electron chi connectivity index (χ4n) is 2.36. The maximum absolute atomic E-state index is 12.4. The molecule has 1 unspecified atom stereocenters. The van der Waals surface area contributed by atoms with Crippen LogP contribution in [-0.2, 0) is 0 Å². The molecule has 1 atom stereocenters. The highest BCUT2D eigenvalue weighted by atomic mass is 19.3. The van der Waals surface area contributed by atoms with E-state index in [4.69, 9.17) is 5.11 Å². The Morgan fingerprint density at radius 3 is 2.54 bits per heavy atom. The lowest BCUT2D eigenvalue weighted by atomic mass is 10.0. The molecular weight excluding hydrogens is 316 g/mol. The summed E-state index contributed by atoms with van der Waals surface area (Å²) in [6.07, 6.45) is 1.11. The molecule has 2 rings (SSSR count). The standard InChI is InChI=1S/C18H19F2NO3/c19-18(20)24-15-9-4-8-14(12-15)17(23)21-16(10-5-11-22)13-6-2-1-3-7-13/h1-4,6-9,12,16,18,22H,5,10-11H2,(H,21,23). The number of benzene rings is 2. The zero-order valence-electron chi connectivity index (χ0n) is 13.0. The quantitative estimate of drug-likeness (QED) is 0.776. The monoisotopic (exact) mass is 335 g/mol. The number of hydrogen-bond acceptors (Lipinski definition) is 3. The second kappa shape index (κ2) is 8.98. The lowest BCUT2D eigenvalue weighted by Crippen LogP contribution is -2.28. The maximum atomic E-state index is 12.4. The van der Waals surface area contributed by atoms with E-state index < -0.39 is 6.61 Å². The summed E-state index contributed by atoms with van der Waals surface area (Å²) in [5.74, 6) is -0.453. The van der Waals surface area contributed by atoms with Crippen LogP contribution in [0.5, 0.6) is 5.75 Å². The number of hydrogen-bond donors (Lipinski definition) is 2. The smallest absolute Gasteiger partial charge is 0.387 e. The Kier molecular flexibility index (Phi) is 6.69. The number of rotatable bonds is 8. The summed E-state index contributed by atoms with van der Waals surface area (Å²) >= 11 is 0. The zero-order valence-corrected chi connectivity index (χ0v) is 13.0. The summed E-state index contributed by atoms with van der Waals surface area (Å²) in [5, 5.41) is 11.9. The van der Waals surface area contributed by atoms with Crippen molar-refractivity contribution < 1.29 is 23.4 Å². The first-order valence-electron chi connectivity index (χ1n) is 7.61. The van der Waals surface area contributed by atoms with Gasteiger partial charge in [-0.2, -0.15) is 8.78 Å². The van der Waals surface area contributed by atoms with E-state index in [2.05, 4.69) is 10.1 Å². The average Bonchev–Trinajstić information content (AvgIpc) is 2.59. The van der Waals surface area contributed by atoms with E-state index in [9.17, 15) is 13.6 Å². The van der Waals surface area contributed by atoms with Gasteiger partial charge in [-0.1, -0.05) is 36.4 Å². The number of amides is 1. The van der Waals surface area contributed by atoms with Crippen LogP contribution in [0.2, 0.25) is 0 Å². The van der Waals surface area contributed by atoms with Crippen molar-refractivity contribution in [2.75, 3.05) is 6.61 Å². The lowest BCUT2D eigenvalue weighted by molar-refractivity contribution is -0.0498. The highest BCUT2D eigenvalue weighted by Gasteiger charge is 2.16. The van der Waals surface area contributed by atoms with Gasteiger partial charge in [0.05, 0.1) is 6.04 Å². The molecule has 128 valence electrons. The molecule has 2 aromatic carbocycles. The zero-order chi connectivity index (χ0) is 17.4. The highest BCUT2D eigenvalue weighted by Crippen LogP contribution is 2.20. The molecule has 0 saturated heterocycles. The molecule has 0 fully saturated rings. The van der Waals surface area contributed by atoms with E-state index in [0.717, 1.165) is 5.56 Å². The summed E-state index contributed by atoms with van der Waals surface area (Å²) in [6.45, 7) is -2.92. The predicted octanol–water partition coefficient (Wildman–Crippen LogP) is 3.53. The van der Waals surface area contributed by atoms with Gasteiger partial charge in [-0.05, 0) is 36.6 Å². The van der Waals surface area contributed by atoms with Crippen LogP contribution in [0.1, 0.15) is 34.8 Å². The third kappa shape index (κ3) is 5.31. The van der Waals surface area contributed by atoms with Gasteiger partial charge in [0.1, 0.15) is 5.75 Å². The van der Waals surface area contributed by atoms with Crippen LogP contribution >= 0.6 is 0 Å². The number of carbonyl (C=O) groups is 1. The predicted molar refractivity (Wildman–Crippen MR) is 86.0 cm³/mol. The molecule has 0 aromatic heterocycles. The van der Waals surface area contributed by atoms with Crippen LogP contribution in [0, 0.1) is 0 Å². The summed E-state index contributed by atoms with van der Waals surface area (Å²) < 4.78 is 28.9. The second-order valence-corrected chi connectivity index (χ2v) is 5.21. The minimum absolute atomic E-state index is 0.0247. The van der Waals surface area contributed by atoms with Gasteiger partial charge in [-0.25, -0.2) is 0 Å². The number of carbonyl (C=O) groups excluding carboxylic acids is 1. The van der Waals surface area contributed by atoms with E-state index in [-0.39, 0.29) is 29.9 Å². The Balaban J connectivity index is 2.12. The number of alkyl halides is 2. The topological polar surface area (TPSA) is 58.6 Å². The molecule has 2 aromatic rings. The fraction of sp³-hybridized carbons (Fsp3) is 0.278. The molecule has 4 nitrogen and oxygen atoms in total. The molecule has 0 saturated carbocycles. The van der Waals surface area contributed by atoms with E-state index >= 15 is 0 Å². The van der Waals surface area contributed by atoms with Crippen LogP contribution in [-0.4, -0.2) is 24.2 Å². The van der Waals surface area contributed by atoms with Crippen LogP contribution in [0.4, 0.5) is 8.78 Å². The molecule has 1 amide bonds. The molecule has 0 heterocycles. The van der Waals surface area contributed by atoms with Crippen molar-refractivity contribution >= 4 is 5.91 Å². The van der Waals surface area contributed by atoms with E-state index in [0.29, 0.717) is 12.8 Å². The van der Waals surface area contributed by atoms with Gasteiger partial charge in [-0.15, -0.1) is 0 Å². The van der Waals surface area contributed by atoms with Gasteiger partial charge < -0.3 is 15.2 Å². The summed E-state index contributed by atoms with van der Waals surface area (Å²) in [4.78, 5) is 12.4. The maximum Gasteiger partial charge on any atom is 0.387 e. The van der Waals surface area contributed by atoms with Crippen LogP contribution in [0.15, 0.2) is 54.6 Å². The average molecular weight is 335 g/mol. The molecule has 0 aliphatic carbocycles. The van der Waals surface area contributed by atoms with Gasteiger partial charge in [0.15, 0.2) is 0 Å². The fourth-order valence-corrected chi connectivity index (χ4v) is 2.36. The van der Waals surface area contributed by atoms with Crippen molar-refractivity contribution in [1.82, 2.24) is 5.32 Å². The van der Waals surface area contributed by atoms with E-state index in [1.54, 1.807) is 0 Å². The Labute approximate surface area is 139 Å². The summed E-state index contributed by atoms with van der Waals surface area (Å²) in [7, 11) is 0. The first-order valence-corrected chi connectivity index (χ1v) is 7.61. The van der Waals surface area contributed by atoms with Gasteiger partial charge >= 0.3 is 6.61 Å². The number of ether oxygens (including phenoxy) is 1. The van der Waals surface area contributed by atoms with Crippen molar-refractivity contribution in [3.63, 3.8) is 0 Å². The molecular formula is C18H19F2NO3. The van der Waals surface area contributed by atoms with Crippen molar-refractivity contribution in [1.29, 1.82) is 0 Å². The van der Waals surface area contributed by atoms with E-state index in [1.807, 2.05) is 30.3 Å². The molecule has 0 radical (unpaired) electrons. The second-order valence-electron chi connectivity index (χ2n) is 5.21. The third-order valence-corrected chi connectivity index (χ3v) is 3.48. The molecule has 6 heteroatoms. The molecule has 0 spiro atoms. The minimum Gasteiger partial charge on any atom is -0.435 e. The third-order valence-electron chi connectivity index (χ3n) is 3.48. The highest BCUT2D eigenvalue weighted by molar-refractivity contribution is 5.94. The SMILES string of the molecule is O=C(NC(CCCO)c1ccccc1)c1cccc(OC(F)F)c1. The van der Waals surface area contributed by atoms with Crippen molar-refractivity contribution in [2.45, 2.75) is 25.5 Å². The molecule has 0 aliphatic heterocycles. The first kappa shape index (κ1) is 17.9. The summed E-state index contributed by atoms with van der Waals surface area (Å²) in [6, 6.07) is 14.8. The normalized spacial score (nSPS) is 12.0. The number of aliphatic hydroxyl groups is 1. The Hall–Kier alpha value is -2.47.